The zero-order valence-corrected chi connectivity index (χ0v) is 27.8. The first-order valence-electron chi connectivity index (χ1n) is 16.6. The normalized spacial score (nSPS) is 15.0. The van der Waals surface area contributed by atoms with Crippen molar-refractivity contribution in [1.29, 1.82) is 0 Å². The molecule has 0 spiro atoms. The number of amides is 2. The van der Waals surface area contributed by atoms with Gasteiger partial charge in [0.25, 0.3) is 5.91 Å². The number of aromatic nitrogens is 1. The molecule has 0 aliphatic carbocycles. The van der Waals surface area contributed by atoms with Crippen molar-refractivity contribution in [2.75, 3.05) is 45.9 Å². The highest BCUT2D eigenvalue weighted by Gasteiger charge is 2.29. The van der Waals surface area contributed by atoms with E-state index in [1.54, 1.807) is 0 Å². The molecule has 0 saturated carbocycles. The van der Waals surface area contributed by atoms with Crippen molar-refractivity contribution < 1.29 is 23.6 Å². The van der Waals surface area contributed by atoms with Crippen LogP contribution in [-0.2, 0) is 29.1 Å². The minimum atomic E-state index is -0.293. The predicted octanol–water partition coefficient (Wildman–Crippen LogP) is 5.99. The quantitative estimate of drug-likeness (QED) is 0.229. The van der Waals surface area contributed by atoms with Crippen molar-refractivity contribution in [3.63, 3.8) is 0 Å². The Hall–Kier alpha value is -4.47. The highest BCUT2D eigenvalue weighted by atomic mass is 16.5. The molecule has 1 N–H and O–H groups in total. The summed E-state index contributed by atoms with van der Waals surface area (Å²) >= 11 is 0. The molecule has 0 unspecified atom stereocenters. The van der Waals surface area contributed by atoms with Gasteiger partial charge in [0.1, 0.15) is 12.4 Å². The third-order valence-corrected chi connectivity index (χ3v) is 9.04. The Morgan fingerprint density at radius 1 is 1.00 bits per heavy atom. The Morgan fingerprint density at radius 2 is 1.79 bits per heavy atom. The number of fused-ring (bicyclic) bond motifs is 1. The molecular formula is C38H44N4O5. The van der Waals surface area contributed by atoms with E-state index < -0.39 is 0 Å². The highest BCUT2D eigenvalue weighted by Crippen LogP contribution is 2.43. The summed E-state index contributed by atoms with van der Waals surface area (Å²) in [5.41, 5.74) is 8.07. The summed E-state index contributed by atoms with van der Waals surface area (Å²) < 4.78 is 18.0. The monoisotopic (exact) mass is 636 g/mol. The highest BCUT2D eigenvalue weighted by molar-refractivity contribution is 6.02. The first-order chi connectivity index (χ1) is 22.8. The van der Waals surface area contributed by atoms with E-state index in [0.717, 1.165) is 52.9 Å². The van der Waals surface area contributed by atoms with Crippen LogP contribution in [0.25, 0.3) is 22.5 Å². The molecule has 2 amide bonds. The van der Waals surface area contributed by atoms with E-state index in [9.17, 15) is 9.59 Å². The summed E-state index contributed by atoms with van der Waals surface area (Å²) in [5.74, 6) is 1.28. The van der Waals surface area contributed by atoms with Gasteiger partial charge in [0.2, 0.25) is 5.91 Å². The number of nitrogens with one attached hydrogen (secondary N) is 1. The molecule has 1 saturated heterocycles. The van der Waals surface area contributed by atoms with Gasteiger partial charge >= 0.3 is 0 Å². The van der Waals surface area contributed by atoms with Crippen LogP contribution in [-0.4, -0.2) is 72.7 Å². The first-order valence-corrected chi connectivity index (χ1v) is 16.6. The third kappa shape index (κ3) is 7.26. The molecule has 1 aromatic heterocycles. The lowest BCUT2D eigenvalue weighted by molar-refractivity contribution is -0.134. The second-order valence-electron chi connectivity index (χ2n) is 12.7. The topological polar surface area (TPSA) is 97.1 Å². The maximum Gasteiger partial charge on any atom is 0.274 e. The molecule has 3 aromatic carbocycles. The zero-order chi connectivity index (χ0) is 32.9. The van der Waals surface area contributed by atoms with Crippen molar-refractivity contribution in [2.24, 2.45) is 0 Å². The van der Waals surface area contributed by atoms with Crippen LogP contribution < -0.4 is 10.1 Å². The van der Waals surface area contributed by atoms with E-state index in [1.807, 2.05) is 48.2 Å². The van der Waals surface area contributed by atoms with Crippen LogP contribution in [0.1, 0.15) is 65.0 Å². The van der Waals surface area contributed by atoms with Crippen LogP contribution >= 0.6 is 0 Å². The molecule has 0 bridgehead atoms. The number of aryl methyl sites for hydroxylation is 1. The van der Waals surface area contributed by atoms with E-state index in [1.165, 1.54) is 5.56 Å². The predicted molar refractivity (Wildman–Crippen MR) is 181 cm³/mol. The van der Waals surface area contributed by atoms with Crippen LogP contribution in [0, 0.1) is 6.92 Å². The summed E-state index contributed by atoms with van der Waals surface area (Å²) in [7, 11) is 0. The number of rotatable bonds is 10. The molecule has 246 valence electrons. The van der Waals surface area contributed by atoms with Gasteiger partial charge in [0, 0.05) is 32.7 Å². The fourth-order valence-electron chi connectivity index (χ4n) is 6.47. The van der Waals surface area contributed by atoms with E-state index in [0.29, 0.717) is 63.1 Å². The molecule has 0 atom stereocenters. The summed E-state index contributed by atoms with van der Waals surface area (Å²) in [4.78, 5) is 30.6. The molecule has 2 aliphatic heterocycles. The van der Waals surface area contributed by atoms with Crippen LogP contribution in [0.5, 0.6) is 5.75 Å². The summed E-state index contributed by atoms with van der Waals surface area (Å²) in [6.45, 7) is 13.7. The number of benzene rings is 3. The van der Waals surface area contributed by atoms with Crippen LogP contribution in [0.3, 0.4) is 0 Å². The maximum atomic E-state index is 13.4. The van der Waals surface area contributed by atoms with E-state index in [4.69, 9.17) is 14.0 Å². The Balaban J connectivity index is 1.36. The van der Waals surface area contributed by atoms with Crippen molar-refractivity contribution >= 4 is 11.8 Å². The number of nitrogens with zero attached hydrogens (tertiary/aromatic N) is 3. The molecule has 9 nitrogen and oxygen atoms in total. The van der Waals surface area contributed by atoms with Crippen LogP contribution in [0.2, 0.25) is 0 Å². The Kier molecular flexibility index (Phi) is 10.0. The van der Waals surface area contributed by atoms with Crippen molar-refractivity contribution in [3.8, 4) is 28.2 Å². The molecule has 1 fully saturated rings. The SMILES string of the molecule is CCNC(=O)c1noc(-c2cc(C(C)C)c(C)cc2OCc2ccccc2)c1-c1ccc2c(c1)CCN(C(=O)CN1CCOCC1)C2. The van der Waals surface area contributed by atoms with E-state index in [-0.39, 0.29) is 23.4 Å². The van der Waals surface area contributed by atoms with Gasteiger partial charge in [-0.15, -0.1) is 0 Å². The fourth-order valence-corrected chi connectivity index (χ4v) is 6.47. The fraction of sp³-hybridized carbons (Fsp3) is 0.395. The molecule has 9 heteroatoms. The lowest BCUT2D eigenvalue weighted by Gasteiger charge is -2.32. The van der Waals surface area contributed by atoms with E-state index in [2.05, 4.69) is 60.4 Å². The molecule has 47 heavy (non-hydrogen) atoms. The second-order valence-corrected chi connectivity index (χ2v) is 12.7. The maximum absolute atomic E-state index is 13.4. The van der Waals surface area contributed by atoms with Crippen molar-refractivity contribution in [1.82, 2.24) is 20.3 Å². The van der Waals surface area contributed by atoms with Gasteiger partial charge in [-0.2, -0.15) is 0 Å². The smallest absolute Gasteiger partial charge is 0.274 e. The lowest BCUT2D eigenvalue weighted by atomic mass is 9.90. The summed E-state index contributed by atoms with van der Waals surface area (Å²) in [6.07, 6.45) is 0.725. The number of carbonyl (C=O) groups is 2. The van der Waals surface area contributed by atoms with Gasteiger partial charge in [-0.1, -0.05) is 67.5 Å². The Labute approximate surface area is 276 Å². The van der Waals surface area contributed by atoms with Gasteiger partial charge < -0.3 is 24.2 Å². The minimum absolute atomic E-state index is 0.143. The molecule has 4 aromatic rings. The van der Waals surface area contributed by atoms with Gasteiger partial charge in [-0.05, 0) is 71.7 Å². The average Bonchev–Trinajstić information content (AvgIpc) is 3.53. The third-order valence-electron chi connectivity index (χ3n) is 9.04. The van der Waals surface area contributed by atoms with Crippen molar-refractivity contribution in [2.45, 2.75) is 53.2 Å². The number of morpholine rings is 1. The number of hydrogen-bond acceptors (Lipinski definition) is 7. The number of ether oxygens (including phenoxy) is 2. The standard InChI is InChI=1S/C38H44N4O5/c1-5-39-38(44)36-35(29-11-12-30-22-42(14-13-28(30)20-29)34(43)23-41-15-17-45-18-16-41)37(47-40-36)32-21-31(25(2)3)26(4)19-33(32)46-24-27-9-7-6-8-10-27/h6-12,19-21,25H,5,13-18,22-24H2,1-4H3,(H,39,44). The minimum Gasteiger partial charge on any atom is -0.488 e. The first kappa shape index (κ1) is 32.5. The van der Waals surface area contributed by atoms with Gasteiger partial charge in [0.15, 0.2) is 11.5 Å². The van der Waals surface area contributed by atoms with E-state index >= 15 is 0 Å². The molecule has 2 aliphatic rings. The lowest BCUT2D eigenvalue weighted by Crippen LogP contribution is -2.46. The number of carbonyl (C=O) groups excluding carboxylic acids is 2. The van der Waals surface area contributed by atoms with Crippen LogP contribution in [0.15, 0.2) is 65.2 Å². The Morgan fingerprint density at radius 3 is 2.53 bits per heavy atom. The van der Waals surface area contributed by atoms with Gasteiger partial charge in [0.05, 0.1) is 30.9 Å². The molecule has 3 heterocycles. The van der Waals surface area contributed by atoms with Crippen LogP contribution in [0.4, 0.5) is 0 Å². The van der Waals surface area contributed by atoms with Gasteiger partial charge in [-0.3, -0.25) is 14.5 Å². The van der Waals surface area contributed by atoms with Crippen molar-refractivity contribution in [3.05, 3.63) is 94.2 Å². The average molecular weight is 637 g/mol. The molecule has 6 rings (SSSR count). The summed E-state index contributed by atoms with van der Waals surface area (Å²) in [5, 5.41) is 7.24. The summed E-state index contributed by atoms with van der Waals surface area (Å²) in [6, 6.07) is 20.4. The largest absolute Gasteiger partial charge is 0.488 e. The molecule has 0 radical (unpaired) electrons. The Bertz CT molecular complexity index is 1730. The van der Waals surface area contributed by atoms with Gasteiger partial charge in [-0.25, -0.2) is 0 Å². The zero-order valence-electron chi connectivity index (χ0n) is 27.8. The number of hydrogen-bond donors (Lipinski definition) is 1. The second kappa shape index (κ2) is 14.5. The molecular weight excluding hydrogens is 592 g/mol.